The highest BCUT2D eigenvalue weighted by Crippen LogP contribution is 2.00. The van der Waals surface area contributed by atoms with Crippen LogP contribution in [0.1, 0.15) is 20.8 Å². The Bertz CT molecular complexity index is 347. The summed E-state index contributed by atoms with van der Waals surface area (Å²) in [6.45, 7) is 4.30. The van der Waals surface area contributed by atoms with Crippen LogP contribution in [0.15, 0.2) is 11.5 Å². The molecule has 16 heavy (non-hydrogen) atoms. The first-order valence-electron chi connectivity index (χ1n) is 4.81. The van der Waals surface area contributed by atoms with E-state index in [1.807, 2.05) is 0 Å². The van der Waals surface area contributed by atoms with E-state index in [-0.39, 0.29) is 12.5 Å². The van der Waals surface area contributed by atoms with Crippen LogP contribution in [-0.4, -0.2) is 38.2 Å². The van der Waals surface area contributed by atoms with Crippen LogP contribution in [0.2, 0.25) is 0 Å². The van der Waals surface area contributed by atoms with Crippen LogP contribution in [0.4, 0.5) is 0 Å². The topological polar surface area (TPSA) is 92.7 Å². The summed E-state index contributed by atoms with van der Waals surface area (Å²) in [7, 11) is -3.74. The van der Waals surface area contributed by atoms with Gasteiger partial charge < -0.3 is 10.4 Å². The Hall–Kier alpha value is -0.920. The van der Waals surface area contributed by atoms with E-state index in [4.69, 9.17) is 0 Å². The van der Waals surface area contributed by atoms with Crippen molar-refractivity contribution in [2.75, 3.05) is 6.61 Å². The summed E-state index contributed by atoms with van der Waals surface area (Å²) in [5.74, 6) is -0.357. The van der Waals surface area contributed by atoms with Crippen LogP contribution in [0.25, 0.3) is 0 Å². The van der Waals surface area contributed by atoms with Crippen molar-refractivity contribution in [1.82, 2.24) is 5.32 Å². The number of carbonyl (C=O) groups excluding carboxylic acids is 1. The van der Waals surface area contributed by atoms with Crippen LogP contribution in [0.5, 0.6) is 0 Å². The number of rotatable bonds is 6. The quantitative estimate of drug-likeness (QED) is 0.635. The van der Waals surface area contributed by atoms with Crippen molar-refractivity contribution in [3.63, 3.8) is 0 Å². The lowest BCUT2D eigenvalue weighted by atomic mass is 10.2. The first-order chi connectivity index (χ1) is 7.28. The van der Waals surface area contributed by atoms with Gasteiger partial charge in [-0.3, -0.25) is 8.98 Å². The molecule has 0 radical (unpaired) electrons. The van der Waals surface area contributed by atoms with Gasteiger partial charge in [-0.15, -0.1) is 0 Å². The first kappa shape index (κ1) is 15.1. The predicted octanol–water partition coefficient (Wildman–Crippen LogP) is -0.248. The molecule has 0 heterocycles. The van der Waals surface area contributed by atoms with Crippen molar-refractivity contribution >= 4 is 16.0 Å². The maximum atomic E-state index is 11.1. The molecule has 6 nitrogen and oxygen atoms in total. The number of hydrogen-bond donors (Lipinski definition) is 2. The lowest BCUT2D eigenvalue weighted by Crippen LogP contribution is -2.39. The third-order valence-corrected chi connectivity index (χ3v) is 2.68. The Balaban J connectivity index is 4.62. The van der Waals surface area contributed by atoms with E-state index in [1.165, 1.54) is 19.9 Å². The summed E-state index contributed by atoms with van der Waals surface area (Å²) in [4.78, 5) is 10.8. The van der Waals surface area contributed by atoms with Crippen LogP contribution in [0.3, 0.4) is 0 Å². The van der Waals surface area contributed by atoms with Gasteiger partial charge in [0.15, 0.2) is 0 Å². The van der Waals surface area contributed by atoms with Gasteiger partial charge in [0, 0.05) is 6.92 Å². The average Bonchev–Trinajstić information content (AvgIpc) is 2.11. The van der Waals surface area contributed by atoms with Crippen LogP contribution in [-0.2, 0) is 19.1 Å². The first-order valence-corrected chi connectivity index (χ1v) is 6.28. The largest absolute Gasteiger partial charge is 0.391 e. The molecule has 0 aromatic carbocycles. The van der Waals surface area contributed by atoms with Gasteiger partial charge in [-0.05, 0) is 19.9 Å². The molecule has 1 amide bonds. The van der Waals surface area contributed by atoms with Gasteiger partial charge in [-0.25, -0.2) is 0 Å². The molecule has 7 heteroatoms. The van der Waals surface area contributed by atoms with E-state index in [1.54, 1.807) is 6.92 Å². The van der Waals surface area contributed by atoms with Gasteiger partial charge in [0.25, 0.3) is 10.1 Å². The number of nitrogens with one attached hydrogen (secondary N) is 1. The highest BCUT2D eigenvalue weighted by atomic mass is 32.2. The molecule has 0 aliphatic rings. The second-order valence-electron chi connectivity index (χ2n) is 3.19. The summed E-state index contributed by atoms with van der Waals surface area (Å²) in [6.07, 6.45) is 0.286. The Morgan fingerprint density at radius 1 is 1.56 bits per heavy atom. The molecular weight excluding hydrogens is 234 g/mol. The normalized spacial score (nSPS) is 16.0. The van der Waals surface area contributed by atoms with E-state index in [2.05, 4.69) is 9.50 Å². The van der Waals surface area contributed by atoms with Crippen LogP contribution >= 0.6 is 0 Å². The fraction of sp³-hybridized carbons (Fsp3) is 0.667. The van der Waals surface area contributed by atoms with Crippen molar-refractivity contribution in [1.29, 1.82) is 0 Å². The molecule has 0 aliphatic heterocycles. The number of amides is 1. The lowest BCUT2D eigenvalue weighted by Gasteiger charge is -2.16. The molecule has 94 valence electrons. The molecule has 0 rings (SSSR count). The SMILES string of the molecule is CCOS(=O)(=O)/C=C/[C@H](NC(C)=O)[C@@H](C)O. The number of hydrogen-bond acceptors (Lipinski definition) is 5. The van der Waals surface area contributed by atoms with E-state index in [0.717, 1.165) is 5.41 Å². The van der Waals surface area contributed by atoms with Crippen molar-refractivity contribution in [3.8, 4) is 0 Å². The van der Waals surface area contributed by atoms with E-state index in [9.17, 15) is 18.3 Å². The average molecular weight is 251 g/mol. The Morgan fingerprint density at radius 3 is 2.50 bits per heavy atom. The van der Waals surface area contributed by atoms with Gasteiger partial charge in [-0.1, -0.05) is 0 Å². The second kappa shape index (κ2) is 6.62. The third kappa shape index (κ3) is 6.54. The van der Waals surface area contributed by atoms with E-state index >= 15 is 0 Å². The molecule has 0 spiro atoms. The highest BCUT2D eigenvalue weighted by molar-refractivity contribution is 7.89. The summed E-state index contributed by atoms with van der Waals surface area (Å²) in [6, 6.07) is -0.757. The zero-order valence-electron chi connectivity index (χ0n) is 9.50. The summed E-state index contributed by atoms with van der Waals surface area (Å²) in [5, 5.41) is 12.5. The second-order valence-corrected chi connectivity index (χ2v) is 4.69. The molecule has 2 N–H and O–H groups in total. The minimum Gasteiger partial charge on any atom is -0.391 e. The number of aliphatic hydroxyl groups is 1. The molecule has 0 aliphatic carbocycles. The Labute approximate surface area is 95.4 Å². The molecule has 0 bridgehead atoms. The van der Waals surface area contributed by atoms with Crippen LogP contribution in [0, 0.1) is 0 Å². The summed E-state index contributed by atoms with van der Waals surface area (Å²) < 4.78 is 26.7. The van der Waals surface area contributed by atoms with E-state index < -0.39 is 22.3 Å². The summed E-state index contributed by atoms with van der Waals surface area (Å²) in [5.41, 5.74) is 0. The van der Waals surface area contributed by atoms with Crippen molar-refractivity contribution in [2.45, 2.75) is 32.9 Å². The van der Waals surface area contributed by atoms with Crippen molar-refractivity contribution in [3.05, 3.63) is 11.5 Å². The monoisotopic (exact) mass is 251 g/mol. The predicted molar refractivity (Wildman–Crippen MR) is 59.0 cm³/mol. The minimum atomic E-state index is -3.74. The van der Waals surface area contributed by atoms with Crippen molar-refractivity contribution in [2.24, 2.45) is 0 Å². The van der Waals surface area contributed by atoms with E-state index in [0.29, 0.717) is 0 Å². The number of aliphatic hydroxyl groups excluding tert-OH is 1. The fourth-order valence-corrected chi connectivity index (χ4v) is 1.72. The van der Waals surface area contributed by atoms with Gasteiger partial charge >= 0.3 is 0 Å². The Kier molecular flexibility index (Phi) is 6.24. The maximum Gasteiger partial charge on any atom is 0.289 e. The molecule has 0 aromatic rings. The van der Waals surface area contributed by atoms with Crippen LogP contribution < -0.4 is 5.32 Å². The van der Waals surface area contributed by atoms with Gasteiger partial charge in [0.2, 0.25) is 5.91 Å². The zero-order valence-corrected chi connectivity index (χ0v) is 10.3. The Morgan fingerprint density at radius 2 is 2.12 bits per heavy atom. The minimum absolute atomic E-state index is 0.0339. The summed E-state index contributed by atoms with van der Waals surface area (Å²) >= 11 is 0. The molecular formula is C9H17NO5S. The smallest absolute Gasteiger partial charge is 0.289 e. The molecule has 0 fully saturated rings. The number of carbonyl (C=O) groups is 1. The standard InChI is InChI=1S/C9H17NO5S/c1-4-15-16(13,14)6-5-9(7(2)11)10-8(3)12/h5-7,9,11H,4H2,1-3H3,(H,10,12)/b6-5+/t7-,9+/m1/s1. The van der Waals surface area contributed by atoms with Gasteiger partial charge in [0.05, 0.1) is 24.2 Å². The highest BCUT2D eigenvalue weighted by Gasteiger charge is 2.14. The molecule has 2 atom stereocenters. The maximum absolute atomic E-state index is 11.1. The fourth-order valence-electron chi connectivity index (χ4n) is 0.949. The van der Waals surface area contributed by atoms with Crippen molar-refractivity contribution < 1.29 is 22.5 Å². The van der Waals surface area contributed by atoms with Gasteiger partial charge in [-0.2, -0.15) is 8.42 Å². The third-order valence-electron chi connectivity index (χ3n) is 1.62. The zero-order chi connectivity index (χ0) is 12.8. The lowest BCUT2D eigenvalue weighted by molar-refractivity contribution is -0.120. The molecule has 0 saturated carbocycles. The molecule has 0 saturated heterocycles. The van der Waals surface area contributed by atoms with Gasteiger partial charge in [0.1, 0.15) is 0 Å². The molecule has 0 unspecified atom stereocenters. The molecule has 0 aromatic heterocycles.